The molecule has 0 radical (unpaired) electrons. The topological polar surface area (TPSA) is 78.0 Å². The summed E-state index contributed by atoms with van der Waals surface area (Å²) in [5.41, 5.74) is 7.80. The molecule has 0 aliphatic rings. The van der Waals surface area contributed by atoms with E-state index in [-0.39, 0.29) is 11.3 Å². The first-order valence-corrected chi connectivity index (χ1v) is 8.90. The van der Waals surface area contributed by atoms with Gasteiger partial charge in [0, 0.05) is 12.6 Å². The lowest BCUT2D eigenvalue weighted by molar-refractivity contribution is 0.104. The van der Waals surface area contributed by atoms with Gasteiger partial charge in [-0.1, -0.05) is 30.3 Å². The summed E-state index contributed by atoms with van der Waals surface area (Å²) in [6.45, 7) is 1.78. The molecule has 0 spiro atoms. The zero-order valence-corrected chi connectivity index (χ0v) is 14.6. The Morgan fingerprint density at radius 1 is 1.21 bits per heavy atom. The Labute approximate surface area is 145 Å². The Hall–Kier alpha value is -2.51. The molecular formula is C17H13N3O2S2. The van der Waals surface area contributed by atoms with E-state index in [1.807, 2.05) is 18.2 Å². The van der Waals surface area contributed by atoms with Crippen molar-refractivity contribution in [3.63, 3.8) is 0 Å². The molecule has 5 nitrogen and oxygen atoms in total. The quantitative estimate of drug-likeness (QED) is 0.560. The molecule has 7 heteroatoms. The largest absolute Gasteiger partial charge is 0.397 e. The highest BCUT2D eigenvalue weighted by molar-refractivity contribution is 7.42. The number of rotatable bonds is 2. The number of hydrogen-bond acceptors (Lipinski definition) is 6. The number of carbonyl (C=O) groups excluding carboxylic acids is 1. The van der Waals surface area contributed by atoms with Gasteiger partial charge in [0.1, 0.15) is 15.4 Å². The van der Waals surface area contributed by atoms with Crippen molar-refractivity contribution in [1.82, 2.24) is 9.55 Å². The van der Waals surface area contributed by atoms with Crippen molar-refractivity contribution >= 4 is 53.8 Å². The first kappa shape index (κ1) is 15.0. The third-order valence-electron chi connectivity index (χ3n) is 4.06. The molecule has 4 rings (SSSR count). The number of aryl methyl sites for hydroxylation is 1. The number of nitrogen functional groups attached to an aromatic ring is 1. The van der Waals surface area contributed by atoms with Crippen LogP contribution in [0.25, 0.3) is 19.6 Å². The standard InChI is InChI=1S/C17H13N3O2S2/c1-8-19-12-10-11(18)14(13(21)9-6-4-3-5-7-9)23-17(10)24-15(12)16(22)20(8)2/h3-7H,18H2,1-2H3. The van der Waals surface area contributed by atoms with Gasteiger partial charge in [-0.3, -0.25) is 14.2 Å². The average Bonchev–Trinajstić information content (AvgIpc) is 3.10. The molecule has 0 aliphatic carbocycles. The summed E-state index contributed by atoms with van der Waals surface area (Å²) in [7, 11) is 1.70. The summed E-state index contributed by atoms with van der Waals surface area (Å²) in [6, 6.07) is 9.05. The van der Waals surface area contributed by atoms with Crippen molar-refractivity contribution in [3.05, 3.63) is 57.0 Å². The second-order valence-electron chi connectivity index (χ2n) is 5.51. The lowest BCUT2D eigenvalue weighted by Crippen LogP contribution is -2.19. The summed E-state index contributed by atoms with van der Waals surface area (Å²) >= 11 is 2.68. The van der Waals surface area contributed by atoms with Crippen LogP contribution in [0, 0.1) is 6.92 Å². The van der Waals surface area contributed by atoms with Gasteiger partial charge in [-0.2, -0.15) is 0 Å². The van der Waals surface area contributed by atoms with Crippen molar-refractivity contribution < 1.29 is 4.79 Å². The maximum absolute atomic E-state index is 12.7. The second kappa shape index (κ2) is 5.25. The van der Waals surface area contributed by atoms with Crippen LogP contribution in [0.15, 0.2) is 35.1 Å². The minimum absolute atomic E-state index is 0.0822. The number of nitrogens with two attached hydrogens (primary N) is 1. The molecule has 3 heterocycles. The predicted octanol–water partition coefficient (Wildman–Crippen LogP) is 3.33. The molecule has 24 heavy (non-hydrogen) atoms. The highest BCUT2D eigenvalue weighted by Crippen LogP contribution is 2.43. The normalized spacial score (nSPS) is 11.4. The van der Waals surface area contributed by atoms with Gasteiger partial charge in [0.25, 0.3) is 5.56 Å². The molecule has 1 aromatic carbocycles. The number of thiophene rings is 2. The molecule has 0 unspecified atom stereocenters. The fourth-order valence-electron chi connectivity index (χ4n) is 2.65. The smallest absolute Gasteiger partial charge is 0.271 e. The van der Waals surface area contributed by atoms with Gasteiger partial charge in [-0.15, -0.1) is 22.7 Å². The van der Waals surface area contributed by atoms with E-state index >= 15 is 0 Å². The second-order valence-corrected chi connectivity index (χ2v) is 7.81. The number of carbonyl (C=O) groups is 1. The molecule has 0 aliphatic heterocycles. The SMILES string of the molecule is Cc1nc2c(sc3sc(C(=O)c4ccccc4)c(N)c32)c(=O)n1C. The molecule has 120 valence electrons. The van der Waals surface area contributed by atoms with Crippen molar-refractivity contribution in [3.8, 4) is 0 Å². The van der Waals surface area contributed by atoms with Gasteiger partial charge in [0.15, 0.2) is 0 Å². The monoisotopic (exact) mass is 355 g/mol. The van der Waals surface area contributed by atoms with Crippen molar-refractivity contribution in [2.75, 3.05) is 5.73 Å². The fraction of sp³-hybridized carbons (Fsp3) is 0.118. The van der Waals surface area contributed by atoms with Gasteiger partial charge in [-0.05, 0) is 6.92 Å². The Morgan fingerprint density at radius 3 is 2.62 bits per heavy atom. The fourth-order valence-corrected chi connectivity index (χ4v) is 5.20. The molecular weight excluding hydrogens is 342 g/mol. The molecule has 0 atom stereocenters. The van der Waals surface area contributed by atoms with Crippen molar-refractivity contribution in [2.24, 2.45) is 7.05 Å². The number of nitrogens with zero attached hydrogens (tertiary/aromatic N) is 2. The van der Waals surface area contributed by atoms with E-state index in [1.54, 1.807) is 26.1 Å². The van der Waals surface area contributed by atoms with E-state index < -0.39 is 0 Å². The predicted molar refractivity (Wildman–Crippen MR) is 99.3 cm³/mol. The average molecular weight is 355 g/mol. The molecule has 4 aromatic rings. The number of anilines is 1. The van der Waals surface area contributed by atoms with Gasteiger partial charge in [0.2, 0.25) is 5.78 Å². The first-order valence-electron chi connectivity index (χ1n) is 7.27. The third kappa shape index (κ3) is 2.02. The third-order valence-corrected chi connectivity index (χ3v) is 6.52. The molecule has 3 aromatic heterocycles. The summed E-state index contributed by atoms with van der Waals surface area (Å²) in [4.78, 5) is 30.1. The van der Waals surface area contributed by atoms with Crippen LogP contribution in [0.5, 0.6) is 0 Å². The number of hydrogen-bond donors (Lipinski definition) is 1. The zero-order chi connectivity index (χ0) is 17.0. The minimum atomic E-state index is -0.102. The van der Waals surface area contributed by atoms with Crippen LogP contribution in [0.1, 0.15) is 21.1 Å². The van der Waals surface area contributed by atoms with Crippen LogP contribution in [0.3, 0.4) is 0 Å². The first-order chi connectivity index (χ1) is 11.5. The van der Waals surface area contributed by atoms with Crippen LogP contribution >= 0.6 is 22.7 Å². The van der Waals surface area contributed by atoms with Gasteiger partial charge >= 0.3 is 0 Å². The van der Waals surface area contributed by atoms with Crippen LogP contribution in [0.4, 0.5) is 5.69 Å². The highest BCUT2D eigenvalue weighted by Gasteiger charge is 2.23. The van der Waals surface area contributed by atoms with Crippen LogP contribution < -0.4 is 11.3 Å². The van der Waals surface area contributed by atoms with E-state index in [0.717, 1.165) is 9.40 Å². The van der Waals surface area contributed by atoms with Gasteiger partial charge in [-0.25, -0.2) is 4.98 Å². The Kier molecular flexibility index (Phi) is 3.29. The van der Waals surface area contributed by atoms with Crippen LogP contribution in [0.2, 0.25) is 0 Å². The summed E-state index contributed by atoms with van der Waals surface area (Å²) < 4.78 is 2.96. The number of benzene rings is 1. The van der Waals surface area contributed by atoms with Gasteiger partial charge in [0.05, 0.1) is 20.6 Å². The lowest BCUT2D eigenvalue weighted by atomic mass is 10.1. The van der Waals surface area contributed by atoms with Crippen molar-refractivity contribution in [2.45, 2.75) is 6.92 Å². The van der Waals surface area contributed by atoms with Gasteiger partial charge < -0.3 is 5.73 Å². The molecule has 0 saturated heterocycles. The Morgan fingerprint density at radius 2 is 1.92 bits per heavy atom. The number of aromatic nitrogens is 2. The number of fused-ring (bicyclic) bond motifs is 3. The summed E-state index contributed by atoms with van der Waals surface area (Å²) in [6.07, 6.45) is 0. The maximum atomic E-state index is 12.7. The number of ketones is 1. The van der Waals surface area contributed by atoms with Crippen molar-refractivity contribution in [1.29, 1.82) is 0 Å². The zero-order valence-electron chi connectivity index (χ0n) is 13.0. The molecule has 0 amide bonds. The lowest BCUT2D eigenvalue weighted by Gasteiger charge is -2.03. The Bertz CT molecular complexity index is 1170. The van der Waals surface area contributed by atoms with E-state index in [4.69, 9.17) is 5.73 Å². The van der Waals surface area contributed by atoms with Crippen LogP contribution in [-0.2, 0) is 7.05 Å². The molecule has 2 N–H and O–H groups in total. The molecule has 0 bridgehead atoms. The van der Waals surface area contributed by atoms with E-state index in [0.29, 0.717) is 32.2 Å². The maximum Gasteiger partial charge on any atom is 0.271 e. The highest BCUT2D eigenvalue weighted by atomic mass is 32.2. The summed E-state index contributed by atoms with van der Waals surface area (Å²) in [5, 5.41) is 0.722. The van der Waals surface area contributed by atoms with Crippen LogP contribution in [-0.4, -0.2) is 15.3 Å². The molecule has 0 saturated carbocycles. The molecule has 0 fully saturated rings. The minimum Gasteiger partial charge on any atom is -0.397 e. The summed E-state index contributed by atoms with van der Waals surface area (Å²) in [5.74, 6) is 0.518. The Balaban J connectivity index is 2.00. The van der Waals surface area contributed by atoms with E-state index in [2.05, 4.69) is 4.98 Å². The van der Waals surface area contributed by atoms with E-state index in [9.17, 15) is 9.59 Å². The van der Waals surface area contributed by atoms with E-state index in [1.165, 1.54) is 27.2 Å².